The lowest BCUT2D eigenvalue weighted by molar-refractivity contribution is -0.130. The van der Waals surface area contributed by atoms with Crippen molar-refractivity contribution in [2.75, 3.05) is 17.3 Å². The number of aromatic amines is 1. The molecule has 3 amide bonds. The monoisotopic (exact) mass is 520 g/mol. The zero-order chi connectivity index (χ0) is 26.9. The van der Waals surface area contributed by atoms with Gasteiger partial charge >= 0.3 is 5.97 Å². The number of ether oxygens (including phenoxy) is 1. The molecule has 4 heterocycles. The fourth-order valence-electron chi connectivity index (χ4n) is 6.66. The quantitative estimate of drug-likeness (QED) is 0.281. The van der Waals surface area contributed by atoms with Crippen LogP contribution in [0.3, 0.4) is 0 Å². The molecule has 4 unspecified atom stereocenters. The Morgan fingerprint density at radius 1 is 0.949 bits per heavy atom. The summed E-state index contributed by atoms with van der Waals surface area (Å²) in [5.41, 5.74) is 2.00. The van der Waals surface area contributed by atoms with Gasteiger partial charge in [0, 0.05) is 34.4 Å². The summed E-state index contributed by atoms with van der Waals surface area (Å²) >= 11 is 0. The SMILES string of the molecule is COC(=O)c1ccccc1N1C(=O)C2C(Cc3c[nH]c4ccccc34)NC3(C(=O)Nc4ccccc43)C2C1=O. The molecule has 9 heteroatoms. The third-order valence-corrected chi connectivity index (χ3v) is 8.29. The molecule has 3 aliphatic heterocycles. The Kier molecular flexibility index (Phi) is 5.02. The summed E-state index contributed by atoms with van der Waals surface area (Å²) in [7, 11) is 1.25. The van der Waals surface area contributed by atoms with E-state index in [1.165, 1.54) is 13.2 Å². The van der Waals surface area contributed by atoms with E-state index in [0.717, 1.165) is 21.4 Å². The first-order valence-corrected chi connectivity index (χ1v) is 12.7. The largest absolute Gasteiger partial charge is 0.465 e. The third kappa shape index (κ3) is 3.10. The predicted octanol–water partition coefficient (Wildman–Crippen LogP) is 3.12. The van der Waals surface area contributed by atoms with Crippen molar-refractivity contribution in [3.05, 3.63) is 95.7 Å². The van der Waals surface area contributed by atoms with E-state index in [1.807, 2.05) is 48.7 Å². The molecule has 7 rings (SSSR count). The molecule has 3 N–H and O–H groups in total. The van der Waals surface area contributed by atoms with Crippen LogP contribution in [-0.4, -0.2) is 41.8 Å². The van der Waals surface area contributed by atoms with Crippen LogP contribution in [0.25, 0.3) is 10.9 Å². The summed E-state index contributed by atoms with van der Waals surface area (Å²) in [5.74, 6) is -3.85. The minimum Gasteiger partial charge on any atom is -0.465 e. The van der Waals surface area contributed by atoms with Crippen LogP contribution < -0.4 is 15.5 Å². The Morgan fingerprint density at radius 3 is 2.54 bits per heavy atom. The molecule has 2 saturated heterocycles. The molecule has 0 aliphatic carbocycles. The van der Waals surface area contributed by atoms with E-state index >= 15 is 0 Å². The van der Waals surface area contributed by atoms with Crippen molar-refractivity contribution in [3.63, 3.8) is 0 Å². The number of hydrogen-bond donors (Lipinski definition) is 3. The number of nitrogens with zero attached hydrogens (tertiary/aromatic N) is 1. The highest BCUT2D eigenvalue weighted by atomic mass is 16.5. The minimum atomic E-state index is -1.43. The van der Waals surface area contributed by atoms with E-state index in [2.05, 4.69) is 15.6 Å². The Balaban J connectivity index is 1.39. The van der Waals surface area contributed by atoms with Crippen LogP contribution in [0, 0.1) is 11.8 Å². The van der Waals surface area contributed by atoms with Crippen molar-refractivity contribution in [1.29, 1.82) is 0 Å². The standard InChI is InChI=1S/C30H24N4O5/c1-39-28(37)18-9-3-7-13-23(18)34-26(35)24-22(14-16-15-31-20-11-5-2-8-17(16)20)33-30(25(24)27(34)36)19-10-4-6-12-21(19)32-29(30)38/h2-13,15,22,24-25,31,33H,14H2,1H3,(H,32,38). The van der Waals surface area contributed by atoms with E-state index < -0.39 is 41.2 Å². The number of carbonyl (C=O) groups is 4. The number of fused-ring (bicyclic) bond motifs is 5. The first-order valence-electron chi connectivity index (χ1n) is 12.7. The number of H-pyrrole nitrogens is 1. The van der Waals surface area contributed by atoms with Gasteiger partial charge in [-0.2, -0.15) is 0 Å². The number of benzene rings is 3. The number of nitrogens with one attached hydrogen (secondary N) is 3. The molecule has 194 valence electrons. The molecule has 4 atom stereocenters. The predicted molar refractivity (Wildman–Crippen MR) is 143 cm³/mol. The molecule has 39 heavy (non-hydrogen) atoms. The molecule has 3 aliphatic rings. The van der Waals surface area contributed by atoms with Gasteiger partial charge in [0.2, 0.25) is 17.7 Å². The number of para-hydroxylation sites is 3. The zero-order valence-corrected chi connectivity index (χ0v) is 20.9. The van der Waals surface area contributed by atoms with Crippen molar-refractivity contribution in [2.24, 2.45) is 11.8 Å². The number of amides is 3. The maximum atomic E-state index is 14.3. The van der Waals surface area contributed by atoms with Gasteiger partial charge in [0.25, 0.3) is 0 Å². The van der Waals surface area contributed by atoms with Gasteiger partial charge in [0.05, 0.1) is 30.2 Å². The number of esters is 1. The molecule has 1 spiro atoms. The lowest BCUT2D eigenvalue weighted by Gasteiger charge is -2.29. The molecule has 1 aromatic heterocycles. The van der Waals surface area contributed by atoms with Crippen molar-refractivity contribution in [1.82, 2.24) is 10.3 Å². The minimum absolute atomic E-state index is 0.105. The first kappa shape index (κ1) is 23.4. The summed E-state index contributed by atoms with van der Waals surface area (Å²) in [6.45, 7) is 0. The topological polar surface area (TPSA) is 121 Å². The van der Waals surface area contributed by atoms with E-state index in [0.29, 0.717) is 17.7 Å². The van der Waals surface area contributed by atoms with Crippen LogP contribution in [0.1, 0.15) is 21.5 Å². The molecular formula is C30H24N4O5. The van der Waals surface area contributed by atoms with Crippen LogP contribution in [0.5, 0.6) is 0 Å². The Bertz CT molecular complexity index is 1710. The number of anilines is 2. The highest BCUT2D eigenvalue weighted by molar-refractivity contribution is 6.27. The van der Waals surface area contributed by atoms with E-state index in [1.54, 1.807) is 24.3 Å². The normalized spacial score (nSPS) is 25.3. The van der Waals surface area contributed by atoms with Gasteiger partial charge in [0.15, 0.2) is 0 Å². The van der Waals surface area contributed by atoms with Gasteiger partial charge in [0.1, 0.15) is 5.54 Å². The van der Waals surface area contributed by atoms with Crippen molar-refractivity contribution >= 4 is 46.0 Å². The first-order chi connectivity index (χ1) is 19.0. The highest BCUT2D eigenvalue weighted by Gasteiger charge is 2.70. The van der Waals surface area contributed by atoms with Crippen molar-refractivity contribution < 1.29 is 23.9 Å². The van der Waals surface area contributed by atoms with Crippen LogP contribution in [0.4, 0.5) is 11.4 Å². The summed E-state index contributed by atoms with van der Waals surface area (Å²) < 4.78 is 4.92. The van der Waals surface area contributed by atoms with Gasteiger partial charge in [-0.1, -0.05) is 48.5 Å². The fourth-order valence-corrected chi connectivity index (χ4v) is 6.66. The second-order valence-corrected chi connectivity index (χ2v) is 10.1. The fraction of sp³-hybridized carbons (Fsp3) is 0.200. The molecule has 0 radical (unpaired) electrons. The lowest BCUT2D eigenvalue weighted by atomic mass is 9.76. The average Bonchev–Trinajstić information content (AvgIpc) is 3.67. The van der Waals surface area contributed by atoms with Gasteiger partial charge in [-0.3, -0.25) is 19.7 Å². The molecular weight excluding hydrogens is 496 g/mol. The van der Waals surface area contributed by atoms with Gasteiger partial charge in [-0.25, -0.2) is 9.69 Å². The highest BCUT2D eigenvalue weighted by Crippen LogP contribution is 2.54. The molecule has 3 aromatic carbocycles. The molecule has 4 aromatic rings. The number of hydrogen-bond acceptors (Lipinski definition) is 6. The number of imide groups is 1. The van der Waals surface area contributed by atoms with Crippen LogP contribution >= 0.6 is 0 Å². The zero-order valence-electron chi connectivity index (χ0n) is 20.9. The van der Waals surface area contributed by atoms with Crippen LogP contribution in [-0.2, 0) is 31.1 Å². The van der Waals surface area contributed by atoms with E-state index in [4.69, 9.17) is 4.74 Å². The summed E-state index contributed by atoms with van der Waals surface area (Å²) in [4.78, 5) is 59.1. The number of aromatic nitrogens is 1. The molecule has 0 bridgehead atoms. The molecule has 9 nitrogen and oxygen atoms in total. The second kappa shape index (κ2) is 8.37. The van der Waals surface area contributed by atoms with Gasteiger partial charge in [-0.05, 0) is 36.2 Å². The van der Waals surface area contributed by atoms with Crippen molar-refractivity contribution in [3.8, 4) is 0 Å². The van der Waals surface area contributed by atoms with Gasteiger partial charge in [-0.15, -0.1) is 0 Å². The Labute approximate surface area is 223 Å². The summed E-state index contributed by atoms with van der Waals surface area (Å²) in [6.07, 6.45) is 2.31. The Hall–Kier alpha value is -4.76. The number of methoxy groups -OCH3 is 1. The maximum absolute atomic E-state index is 14.3. The van der Waals surface area contributed by atoms with E-state index in [-0.39, 0.29) is 17.2 Å². The van der Waals surface area contributed by atoms with Gasteiger partial charge < -0.3 is 15.0 Å². The third-order valence-electron chi connectivity index (χ3n) is 8.29. The smallest absolute Gasteiger partial charge is 0.339 e. The number of carbonyl (C=O) groups excluding carboxylic acids is 4. The van der Waals surface area contributed by atoms with Crippen molar-refractivity contribution in [2.45, 2.75) is 18.0 Å². The number of rotatable bonds is 4. The van der Waals surface area contributed by atoms with E-state index in [9.17, 15) is 19.2 Å². The van der Waals surface area contributed by atoms with Crippen LogP contribution in [0.15, 0.2) is 79.0 Å². The Morgan fingerprint density at radius 2 is 1.69 bits per heavy atom. The lowest BCUT2D eigenvalue weighted by Crippen LogP contribution is -2.53. The molecule has 2 fully saturated rings. The summed E-state index contributed by atoms with van der Waals surface area (Å²) in [5, 5.41) is 7.40. The molecule has 0 saturated carbocycles. The second-order valence-electron chi connectivity index (χ2n) is 10.1. The maximum Gasteiger partial charge on any atom is 0.339 e. The summed E-state index contributed by atoms with van der Waals surface area (Å²) in [6, 6.07) is 20.9. The average molecular weight is 521 g/mol. The van der Waals surface area contributed by atoms with Crippen LogP contribution in [0.2, 0.25) is 0 Å².